The normalized spacial score (nSPS) is 13.3. The molecule has 0 saturated carbocycles. The van der Waals surface area contributed by atoms with Crippen molar-refractivity contribution >= 4 is 19.7 Å². The zero-order chi connectivity index (χ0) is 41.8. The Morgan fingerprint density at radius 1 is 0.526 bits per heavy atom. The summed E-state index contributed by atoms with van der Waals surface area (Å²) in [6.07, 6.45) is 47.1. The number of rotatable bonds is 46. The van der Waals surface area contributed by atoms with Gasteiger partial charge < -0.3 is 20.1 Å². The average molecular weight is 830 g/mol. The Kier molecular flexibility index (Phi) is 43.3. The van der Waals surface area contributed by atoms with Gasteiger partial charge >= 0.3 is 13.8 Å². The van der Waals surface area contributed by atoms with Gasteiger partial charge in [0, 0.05) is 19.4 Å². The Balaban J connectivity index is 3.53. The zero-order valence-corrected chi connectivity index (χ0v) is 38.2. The number of phosphoric acid groups is 1. The van der Waals surface area contributed by atoms with Crippen LogP contribution < -0.4 is 5.32 Å². The van der Waals surface area contributed by atoms with Crippen molar-refractivity contribution < 1.29 is 37.9 Å². The molecular weight excluding hydrogens is 737 g/mol. The Bertz CT molecular complexity index is 948. The van der Waals surface area contributed by atoms with E-state index in [0.29, 0.717) is 6.42 Å². The molecule has 0 aromatic rings. The van der Waals surface area contributed by atoms with E-state index in [1.54, 1.807) is 0 Å². The second-order valence-corrected chi connectivity index (χ2v) is 17.9. The first kappa shape index (κ1) is 55.8. The topological polar surface area (TPSA) is 131 Å². The van der Waals surface area contributed by atoms with Crippen molar-refractivity contribution in [3.8, 4) is 0 Å². The lowest BCUT2D eigenvalue weighted by Gasteiger charge is -2.15. The maximum absolute atomic E-state index is 12.1. The van der Waals surface area contributed by atoms with Gasteiger partial charge in [-0.25, -0.2) is 4.57 Å². The molecule has 2 atom stereocenters. The lowest BCUT2D eigenvalue weighted by Crippen LogP contribution is -2.27. The van der Waals surface area contributed by atoms with Crippen LogP contribution in [0.5, 0.6) is 0 Å². The van der Waals surface area contributed by atoms with Gasteiger partial charge in [-0.2, -0.15) is 0 Å². The number of carbonyl (C=O) groups is 2. The number of hydrogen-bond donors (Lipinski definition) is 3. The highest BCUT2D eigenvalue weighted by Gasteiger charge is 2.23. The predicted molar refractivity (Wildman–Crippen MR) is 238 cm³/mol. The molecule has 0 fully saturated rings. The number of allylic oxidation sites excluding steroid dienone is 2. The van der Waals surface area contributed by atoms with Crippen LogP contribution in [0.3, 0.4) is 0 Å². The summed E-state index contributed by atoms with van der Waals surface area (Å²) in [5, 5.41) is 12.7. The van der Waals surface area contributed by atoms with Crippen molar-refractivity contribution in [2.45, 2.75) is 251 Å². The van der Waals surface area contributed by atoms with Gasteiger partial charge in [-0.1, -0.05) is 206 Å². The summed E-state index contributed by atoms with van der Waals surface area (Å²) in [5.41, 5.74) is 0. The Morgan fingerprint density at radius 2 is 0.895 bits per heavy atom. The fraction of sp³-hybridized carbons (Fsp3) is 0.915. The number of nitrogens with one attached hydrogen (secondary N) is 1. The lowest BCUT2D eigenvalue weighted by molar-refractivity contribution is -0.147. The lowest BCUT2D eigenvalue weighted by atomic mass is 10.0. The number of aliphatic hydroxyl groups is 1. The molecule has 0 rings (SSSR count). The van der Waals surface area contributed by atoms with Gasteiger partial charge in [-0.3, -0.25) is 18.6 Å². The molecule has 0 aromatic carbocycles. The molecule has 0 aliphatic carbocycles. The van der Waals surface area contributed by atoms with Crippen molar-refractivity contribution in [2.24, 2.45) is 0 Å². The van der Waals surface area contributed by atoms with Crippen LogP contribution in [0.15, 0.2) is 12.2 Å². The number of phosphoric ester groups is 1. The second kappa shape index (κ2) is 44.3. The molecule has 9 nitrogen and oxygen atoms in total. The third kappa shape index (κ3) is 45.7. The summed E-state index contributed by atoms with van der Waals surface area (Å²) in [6.45, 7) is 3.59. The molecule has 0 saturated heterocycles. The number of unbranched alkanes of at least 4 members (excludes halogenated alkanes) is 31. The molecule has 0 radical (unpaired) electrons. The zero-order valence-electron chi connectivity index (χ0n) is 37.3. The molecule has 3 N–H and O–H groups in total. The van der Waals surface area contributed by atoms with E-state index in [-0.39, 0.29) is 32.1 Å². The minimum atomic E-state index is -4.41. The van der Waals surface area contributed by atoms with Crippen molar-refractivity contribution in [2.75, 3.05) is 26.4 Å². The fourth-order valence-electron chi connectivity index (χ4n) is 7.02. The number of carbonyl (C=O) groups excluding carboxylic acids is 2. The molecule has 10 heteroatoms. The van der Waals surface area contributed by atoms with Gasteiger partial charge in [0.2, 0.25) is 5.91 Å². The monoisotopic (exact) mass is 830 g/mol. The van der Waals surface area contributed by atoms with E-state index in [2.05, 4.69) is 31.3 Å². The highest BCUT2D eigenvalue weighted by molar-refractivity contribution is 7.47. The molecule has 1 amide bonds. The quantitative estimate of drug-likeness (QED) is 0.0239. The second-order valence-electron chi connectivity index (χ2n) is 16.4. The Hall–Kier alpha value is -1.25. The maximum Gasteiger partial charge on any atom is 0.472 e. The van der Waals surface area contributed by atoms with Crippen LogP contribution in [-0.4, -0.2) is 54.3 Å². The first-order chi connectivity index (χ1) is 27.8. The number of hydrogen-bond acceptors (Lipinski definition) is 7. The number of amides is 1. The number of esters is 1. The molecular formula is C47H92NO8P. The van der Waals surface area contributed by atoms with E-state index in [0.717, 1.165) is 38.5 Å². The smallest absolute Gasteiger partial charge is 0.463 e. The van der Waals surface area contributed by atoms with Crippen LogP contribution in [0.4, 0.5) is 0 Å². The van der Waals surface area contributed by atoms with Gasteiger partial charge in [0.05, 0.1) is 13.2 Å². The molecule has 0 bridgehead atoms. The molecule has 0 aliphatic rings. The average Bonchev–Trinajstić information content (AvgIpc) is 3.20. The predicted octanol–water partition coefficient (Wildman–Crippen LogP) is 13.8. The first-order valence-electron chi connectivity index (χ1n) is 24.2. The van der Waals surface area contributed by atoms with Gasteiger partial charge in [-0.15, -0.1) is 0 Å². The Labute approximate surface area is 351 Å². The third-order valence-electron chi connectivity index (χ3n) is 10.7. The molecule has 57 heavy (non-hydrogen) atoms. The van der Waals surface area contributed by atoms with Crippen molar-refractivity contribution in [1.29, 1.82) is 0 Å². The van der Waals surface area contributed by atoms with Crippen LogP contribution in [0.25, 0.3) is 0 Å². The molecule has 2 unspecified atom stereocenters. The Morgan fingerprint density at radius 3 is 1.32 bits per heavy atom. The van der Waals surface area contributed by atoms with Crippen molar-refractivity contribution in [3.05, 3.63) is 12.2 Å². The van der Waals surface area contributed by atoms with E-state index in [1.165, 1.54) is 180 Å². The highest BCUT2D eigenvalue weighted by atomic mass is 31.2. The van der Waals surface area contributed by atoms with Crippen molar-refractivity contribution in [1.82, 2.24) is 5.32 Å². The number of ether oxygens (including phenoxy) is 1. The summed E-state index contributed by atoms with van der Waals surface area (Å²) in [4.78, 5) is 34.0. The molecule has 0 heterocycles. The van der Waals surface area contributed by atoms with E-state index >= 15 is 0 Å². The van der Waals surface area contributed by atoms with Crippen LogP contribution in [0.2, 0.25) is 0 Å². The first-order valence-corrected chi connectivity index (χ1v) is 25.7. The molecule has 0 aliphatic heterocycles. The van der Waals surface area contributed by atoms with Gasteiger partial charge in [0.15, 0.2) is 0 Å². The minimum absolute atomic E-state index is 0.0868. The minimum Gasteiger partial charge on any atom is -0.463 e. The summed E-state index contributed by atoms with van der Waals surface area (Å²) < 4.78 is 26.9. The van der Waals surface area contributed by atoms with E-state index in [4.69, 9.17) is 13.8 Å². The van der Waals surface area contributed by atoms with E-state index in [1.807, 2.05) is 0 Å². The van der Waals surface area contributed by atoms with Crippen LogP contribution >= 0.6 is 7.82 Å². The van der Waals surface area contributed by atoms with Crippen molar-refractivity contribution in [3.63, 3.8) is 0 Å². The molecule has 0 spiro atoms. The van der Waals surface area contributed by atoms with Crippen LogP contribution in [0, 0.1) is 0 Å². The van der Waals surface area contributed by atoms with Crippen LogP contribution in [0.1, 0.15) is 245 Å². The van der Waals surface area contributed by atoms with Gasteiger partial charge in [-0.05, 0) is 38.5 Å². The fourth-order valence-corrected chi connectivity index (χ4v) is 7.78. The van der Waals surface area contributed by atoms with Crippen LogP contribution in [-0.2, 0) is 27.9 Å². The largest absolute Gasteiger partial charge is 0.472 e. The highest BCUT2D eigenvalue weighted by Crippen LogP contribution is 2.42. The molecule has 338 valence electrons. The van der Waals surface area contributed by atoms with E-state index < -0.39 is 26.5 Å². The number of aliphatic hydroxyl groups excluding tert-OH is 1. The SMILES string of the molecule is CCCCCCCC/C=C/CCCCCCCCCCCCCC(=O)OCC(O)COP(=O)(O)OCCNC(=O)CCCCCCCCCCCCCCCCC. The summed E-state index contributed by atoms with van der Waals surface area (Å²) in [7, 11) is -4.41. The van der Waals surface area contributed by atoms with Gasteiger partial charge in [0.25, 0.3) is 0 Å². The van der Waals surface area contributed by atoms with E-state index in [9.17, 15) is 24.2 Å². The summed E-state index contributed by atoms with van der Waals surface area (Å²) in [6, 6.07) is 0. The standard InChI is InChI=1S/C47H92NO8P/c1-3-5-7-9-11-13-15-17-19-20-21-22-23-24-26-28-30-32-34-36-38-40-47(51)54-43-45(49)44-56-57(52,53)55-42-41-48-46(50)39-37-35-33-31-29-27-25-18-16-14-12-10-8-6-4-2/h17,19,45,49H,3-16,18,20-44H2,1-2H3,(H,48,50)(H,52,53)/b19-17+. The summed E-state index contributed by atoms with van der Waals surface area (Å²) in [5.74, 6) is -0.505. The summed E-state index contributed by atoms with van der Waals surface area (Å²) >= 11 is 0. The van der Waals surface area contributed by atoms with Gasteiger partial charge in [0.1, 0.15) is 12.7 Å². The maximum atomic E-state index is 12.1. The third-order valence-corrected chi connectivity index (χ3v) is 11.7. The molecule has 0 aromatic heterocycles.